The van der Waals surface area contributed by atoms with Gasteiger partial charge in [0.1, 0.15) is 0 Å². The highest BCUT2D eigenvalue weighted by molar-refractivity contribution is 5.24. The monoisotopic (exact) mass is 223 g/mol. The minimum absolute atomic E-state index is 0.497. The van der Waals surface area contributed by atoms with Gasteiger partial charge in [0.15, 0.2) is 0 Å². The van der Waals surface area contributed by atoms with Crippen molar-refractivity contribution < 1.29 is 4.74 Å². The van der Waals surface area contributed by atoms with E-state index in [1.165, 1.54) is 32.1 Å². The Morgan fingerprint density at radius 1 is 1.44 bits per heavy atom. The first-order chi connectivity index (χ1) is 7.86. The number of hydrogen-bond acceptors (Lipinski definition) is 3. The lowest BCUT2D eigenvalue weighted by Gasteiger charge is -2.22. The molecule has 0 amide bonds. The van der Waals surface area contributed by atoms with Crippen LogP contribution in [0.3, 0.4) is 0 Å². The molecule has 4 nitrogen and oxygen atoms in total. The lowest BCUT2D eigenvalue weighted by molar-refractivity contribution is 0.0347. The van der Waals surface area contributed by atoms with Crippen molar-refractivity contribution >= 4 is 5.95 Å². The van der Waals surface area contributed by atoms with Gasteiger partial charge in [-0.15, -0.1) is 0 Å². The number of hydrogen-bond donors (Lipinski definition) is 1. The second-order valence-corrected chi connectivity index (χ2v) is 4.42. The van der Waals surface area contributed by atoms with E-state index in [9.17, 15) is 0 Å². The molecular weight excluding hydrogens is 202 g/mol. The Bertz CT molecular complexity index is 305. The first-order valence-electron chi connectivity index (χ1n) is 6.19. The van der Waals surface area contributed by atoms with Gasteiger partial charge in [-0.05, 0) is 12.8 Å². The minimum atomic E-state index is 0.497. The first kappa shape index (κ1) is 11.5. The molecule has 0 spiro atoms. The average molecular weight is 223 g/mol. The third kappa shape index (κ3) is 3.23. The van der Waals surface area contributed by atoms with Crippen molar-refractivity contribution in [2.75, 3.05) is 18.5 Å². The molecule has 0 saturated heterocycles. The van der Waals surface area contributed by atoms with E-state index in [2.05, 4.69) is 10.3 Å². The fourth-order valence-electron chi connectivity index (χ4n) is 2.16. The van der Waals surface area contributed by atoms with E-state index < -0.39 is 0 Å². The van der Waals surface area contributed by atoms with Crippen molar-refractivity contribution in [2.24, 2.45) is 7.05 Å². The zero-order valence-corrected chi connectivity index (χ0v) is 9.98. The van der Waals surface area contributed by atoms with Gasteiger partial charge in [0, 0.05) is 26.0 Å². The van der Waals surface area contributed by atoms with Crippen LogP contribution in [-0.4, -0.2) is 28.8 Å². The van der Waals surface area contributed by atoms with Gasteiger partial charge in [0.2, 0.25) is 5.95 Å². The van der Waals surface area contributed by atoms with Crippen LogP contribution in [0.4, 0.5) is 5.95 Å². The molecule has 1 aromatic rings. The molecular formula is C12H21N3O. The van der Waals surface area contributed by atoms with E-state index in [0.29, 0.717) is 6.10 Å². The zero-order valence-electron chi connectivity index (χ0n) is 9.98. The van der Waals surface area contributed by atoms with Crippen LogP contribution < -0.4 is 5.32 Å². The molecule has 1 aliphatic carbocycles. The number of aryl methyl sites for hydroxylation is 1. The van der Waals surface area contributed by atoms with Crippen LogP contribution in [0.5, 0.6) is 0 Å². The van der Waals surface area contributed by atoms with Gasteiger partial charge in [-0.3, -0.25) is 0 Å². The quantitative estimate of drug-likeness (QED) is 0.778. The maximum atomic E-state index is 5.82. The van der Waals surface area contributed by atoms with Crippen molar-refractivity contribution in [1.82, 2.24) is 9.55 Å². The molecule has 2 rings (SSSR count). The number of nitrogens with zero attached hydrogens (tertiary/aromatic N) is 2. The van der Waals surface area contributed by atoms with E-state index in [-0.39, 0.29) is 0 Å². The number of anilines is 1. The molecule has 1 aromatic heterocycles. The summed E-state index contributed by atoms with van der Waals surface area (Å²) in [6, 6.07) is 0. The van der Waals surface area contributed by atoms with Gasteiger partial charge in [0.05, 0.1) is 12.7 Å². The Morgan fingerprint density at radius 3 is 2.94 bits per heavy atom. The Hall–Kier alpha value is -1.03. The van der Waals surface area contributed by atoms with Gasteiger partial charge in [-0.25, -0.2) is 4.98 Å². The molecule has 0 aliphatic heterocycles. The van der Waals surface area contributed by atoms with Crippen molar-refractivity contribution in [3.8, 4) is 0 Å². The summed E-state index contributed by atoms with van der Waals surface area (Å²) in [7, 11) is 1.98. The van der Waals surface area contributed by atoms with Crippen molar-refractivity contribution in [2.45, 2.75) is 38.2 Å². The molecule has 1 heterocycles. The first-order valence-corrected chi connectivity index (χ1v) is 6.19. The van der Waals surface area contributed by atoms with E-state index in [0.717, 1.165) is 19.1 Å². The highest BCUT2D eigenvalue weighted by atomic mass is 16.5. The summed E-state index contributed by atoms with van der Waals surface area (Å²) < 4.78 is 7.79. The number of nitrogens with one attached hydrogen (secondary N) is 1. The van der Waals surface area contributed by atoms with Crippen LogP contribution >= 0.6 is 0 Å². The Balaban J connectivity index is 1.59. The molecule has 0 bridgehead atoms. The molecule has 1 N–H and O–H groups in total. The summed E-state index contributed by atoms with van der Waals surface area (Å²) >= 11 is 0. The lowest BCUT2D eigenvalue weighted by atomic mass is 9.98. The fraction of sp³-hybridized carbons (Fsp3) is 0.750. The smallest absolute Gasteiger partial charge is 0.202 e. The van der Waals surface area contributed by atoms with Gasteiger partial charge in [-0.2, -0.15) is 0 Å². The summed E-state index contributed by atoms with van der Waals surface area (Å²) in [4.78, 5) is 4.20. The Labute approximate surface area is 97.0 Å². The summed E-state index contributed by atoms with van der Waals surface area (Å²) in [5.74, 6) is 0.909. The van der Waals surface area contributed by atoms with Crippen molar-refractivity contribution in [1.29, 1.82) is 0 Å². The molecule has 0 aromatic carbocycles. The summed E-state index contributed by atoms with van der Waals surface area (Å²) in [6.45, 7) is 1.61. The normalized spacial score (nSPS) is 17.6. The lowest BCUT2D eigenvalue weighted by Crippen LogP contribution is -2.21. The highest BCUT2D eigenvalue weighted by Crippen LogP contribution is 2.19. The summed E-state index contributed by atoms with van der Waals surface area (Å²) in [6.07, 6.45) is 10.7. The minimum Gasteiger partial charge on any atom is -0.376 e. The van der Waals surface area contributed by atoms with Crippen LogP contribution in [0.1, 0.15) is 32.1 Å². The third-order valence-electron chi connectivity index (χ3n) is 3.11. The van der Waals surface area contributed by atoms with Gasteiger partial charge >= 0.3 is 0 Å². The van der Waals surface area contributed by atoms with Crippen LogP contribution in [0.25, 0.3) is 0 Å². The summed E-state index contributed by atoms with van der Waals surface area (Å²) in [5, 5.41) is 3.26. The van der Waals surface area contributed by atoms with Crippen LogP contribution in [0.15, 0.2) is 12.4 Å². The van der Waals surface area contributed by atoms with E-state index in [1.54, 1.807) is 6.20 Å². The topological polar surface area (TPSA) is 39.1 Å². The predicted octanol–water partition coefficient (Wildman–Crippen LogP) is 2.18. The molecule has 1 saturated carbocycles. The maximum absolute atomic E-state index is 5.82. The van der Waals surface area contributed by atoms with E-state index in [4.69, 9.17) is 4.74 Å². The van der Waals surface area contributed by atoms with Crippen molar-refractivity contribution in [3.63, 3.8) is 0 Å². The zero-order chi connectivity index (χ0) is 11.2. The van der Waals surface area contributed by atoms with Crippen LogP contribution in [0, 0.1) is 0 Å². The number of imidazole rings is 1. The summed E-state index contributed by atoms with van der Waals surface area (Å²) in [5.41, 5.74) is 0. The third-order valence-corrected chi connectivity index (χ3v) is 3.11. The highest BCUT2D eigenvalue weighted by Gasteiger charge is 2.12. The molecule has 90 valence electrons. The Kier molecular flexibility index (Phi) is 4.22. The SMILES string of the molecule is Cn1ccnc1NCCOC1CCCCC1. The van der Waals surface area contributed by atoms with E-state index >= 15 is 0 Å². The number of rotatable bonds is 5. The average Bonchev–Trinajstić information content (AvgIpc) is 2.72. The van der Waals surface area contributed by atoms with Crippen molar-refractivity contribution in [3.05, 3.63) is 12.4 Å². The molecule has 1 aliphatic rings. The van der Waals surface area contributed by atoms with Crippen LogP contribution in [0.2, 0.25) is 0 Å². The van der Waals surface area contributed by atoms with Crippen LogP contribution in [-0.2, 0) is 11.8 Å². The largest absolute Gasteiger partial charge is 0.376 e. The standard InChI is InChI=1S/C12H21N3O/c1-15-9-7-13-12(15)14-8-10-16-11-5-3-2-4-6-11/h7,9,11H,2-6,8,10H2,1H3,(H,13,14). The second-order valence-electron chi connectivity index (χ2n) is 4.42. The Morgan fingerprint density at radius 2 is 2.25 bits per heavy atom. The van der Waals surface area contributed by atoms with E-state index in [1.807, 2.05) is 17.8 Å². The number of aromatic nitrogens is 2. The number of ether oxygens (including phenoxy) is 1. The maximum Gasteiger partial charge on any atom is 0.202 e. The molecule has 4 heteroatoms. The fourth-order valence-corrected chi connectivity index (χ4v) is 2.16. The van der Waals surface area contributed by atoms with Gasteiger partial charge in [-0.1, -0.05) is 19.3 Å². The molecule has 0 radical (unpaired) electrons. The molecule has 0 unspecified atom stereocenters. The molecule has 16 heavy (non-hydrogen) atoms. The predicted molar refractivity (Wildman–Crippen MR) is 64.5 cm³/mol. The second kappa shape index (κ2) is 5.89. The molecule has 0 atom stereocenters. The van der Waals surface area contributed by atoms with Gasteiger partial charge in [0.25, 0.3) is 0 Å². The molecule has 1 fully saturated rings. The van der Waals surface area contributed by atoms with Gasteiger partial charge < -0.3 is 14.6 Å².